The number of amides is 1. The number of alkyl halides is 6. The first kappa shape index (κ1) is 29.2. The van der Waals surface area contributed by atoms with Crippen molar-refractivity contribution in [2.45, 2.75) is 69.2 Å². The predicted octanol–water partition coefficient (Wildman–Crippen LogP) is 8.32. The molecule has 1 aliphatic heterocycles. The van der Waals surface area contributed by atoms with Crippen LogP contribution in [0.15, 0.2) is 48.5 Å². The van der Waals surface area contributed by atoms with E-state index in [9.17, 15) is 31.1 Å². The van der Waals surface area contributed by atoms with Crippen molar-refractivity contribution in [1.29, 1.82) is 0 Å². The normalized spacial score (nSPS) is 16.5. The van der Waals surface area contributed by atoms with Crippen LogP contribution >= 0.6 is 11.8 Å². The van der Waals surface area contributed by atoms with Crippen LogP contribution in [0.2, 0.25) is 0 Å². The number of carbonyl (C=O) groups is 1. The lowest BCUT2D eigenvalue weighted by molar-refractivity contribution is -0.143. The number of halogens is 6. The number of rotatable bonds is 6. The number of hydrogen-bond donors (Lipinski definition) is 0. The van der Waals surface area contributed by atoms with Crippen molar-refractivity contribution in [2.75, 3.05) is 18.8 Å². The maximum atomic E-state index is 13.2. The molecule has 0 radical (unpaired) electrons. The monoisotopic (exact) mass is 547 g/mol. The molecule has 0 N–H and O–H groups in total. The smallest absolute Gasteiger partial charge is 0.416 e. The van der Waals surface area contributed by atoms with Crippen molar-refractivity contribution in [1.82, 2.24) is 4.90 Å². The van der Waals surface area contributed by atoms with E-state index in [-0.39, 0.29) is 28.9 Å². The maximum Gasteiger partial charge on any atom is 0.416 e. The molecule has 1 amide bonds. The fraction of sp³-hybridized carbons (Fsp3) is 0.519. The van der Waals surface area contributed by atoms with Gasteiger partial charge in [-0.1, -0.05) is 30.3 Å². The lowest BCUT2D eigenvalue weighted by Gasteiger charge is -2.42. The molecule has 1 aliphatic rings. The summed E-state index contributed by atoms with van der Waals surface area (Å²) >= 11 is 1.31. The second-order valence-electron chi connectivity index (χ2n) is 10.3. The third kappa shape index (κ3) is 8.06. The molecule has 204 valence electrons. The summed E-state index contributed by atoms with van der Waals surface area (Å²) in [6.45, 7) is 6.42. The van der Waals surface area contributed by atoms with Gasteiger partial charge in [-0.25, -0.2) is 4.79 Å². The first-order valence-corrected chi connectivity index (χ1v) is 13.1. The molecule has 0 unspecified atom stereocenters. The van der Waals surface area contributed by atoms with Gasteiger partial charge in [0.15, 0.2) is 0 Å². The number of benzene rings is 2. The van der Waals surface area contributed by atoms with Gasteiger partial charge >= 0.3 is 18.4 Å². The minimum atomic E-state index is -4.86. The number of nitrogens with zero attached hydrogens (tertiary/aromatic N) is 1. The van der Waals surface area contributed by atoms with Gasteiger partial charge in [-0.15, -0.1) is 0 Å². The molecule has 0 bridgehead atoms. The Morgan fingerprint density at radius 2 is 1.46 bits per heavy atom. The van der Waals surface area contributed by atoms with Gasteiger partial charge in [-0.3, -0.25) is 0 Å². The Bertz CT molecular complexity index is 1020. The highest BCUT2D eigenvalue weighted by Gasteiger charge is 2.39. The van der Waals surface area contributed by atoms with Crippen LogP contribution in [0.4, 0.5) is 31.1 Å². The number of thioether (sulfide) groups is 1. The Hall–Kier alpha value is -2.36. The molecule has 2 aromatic rings. The van der Waals surface area contributed by atoms with Gasteiger partial charge < -0.3 is 9.64 Å². The zero-order chi connectivity index (χ0) is 27.5. The quantitative estimate of drug-likeness (QED) is 0.269. The van der Waals surface area contributed by atoms with Gasteiger partial charge in [0.2, 0.25) is 0 Å². The van der Waals surface area contributed by atoms with Gasteiger partial charge in [-0.2, -0.15) is 38.1 Å². The minimum Gasteiger partial charge on any atom is -0.444 e. The summed E-state index contributed by atoms with van der Waals surface area (Å²) in [4.78, 5) is 14.2. The summed E-state index contributed by atoms with van der Waals surface area (Å²) in [7, 11) is 0. The van der Waals surface area contributed by atoms with E-state index in [1.54, 1.807) is 4.90 Å². The highest BCUT2D eigenvalue weighted by atomic mass is 32.2. The van der Waals surface area contributed by atoms with Crippen LogP contribution in [0.5, 0.6) is 0 Å². The average molecular weight is 548 g/mol. The second kappa shape index (κ2) is 11.2. The Balaban J connectivity index is 1.69. The van der Waals surface area contributed by atoms with Crippen LogP contribution < -0.4 is 0 Å². The molecular formula is C27H31F6NO2S. The van der Waals surface area contributed by atoms with Crippen molar-refractivity contribution in [3.05, 3.63) is 70.8 Å². The van der Waals surface area contributed by atoms with Gasteiger partial charge in [0.1, 0.15) is 5.60 Å². The van der Waals surface area contributed by atoms with Crippen molar-refractivity contribution in [2.24, 2.45) is 0 Å². The molecule has 0 aliphatic carbocycles. The molecule has 1 fully saturated rings. The molecule has 0 spiro atoms. The third-order valence-electron chi connectivity index (χ3n) is 6.40. The van der Waals surface area contributed by atoms with Gasteiger partial charge in [0.05, 0.1) is 11.1 Å². The van der Waals surface area contributed by atoms with E-state index >= 15 is 0 Å². The Kier molecular flexibility index (Phi) is 8.82. The summed E-state index contributed by atoms with van der Waals surface area (Å²) in [6.07, 6.45) is -8.06. The molecule has 37 heavy (non-hydrogen) atoms. The number of piperidine rings is 1. The Morgan fingerprint density at radius 3 is 1.95 bits per heavy atom. The number of ether oxygens (including phenoxy) is 1. The van der Waals surface area contributed by atoms with E-state index in [4.69, 9.17) is 4.74 Å². The molecule has 2 aromatic carbocycles. The van der Waals surface area contributed by atoms with Crippen LogP contribution in [0.25, 0.3) is 0 Å². The Labute approximate surface area is 217 Å². The molecule has 10 heteroatoms. The fourth-order valence-electron chi connectivity index (χ4n) is 4.48. The standard InChI is InChI=1S/C27H31F6NO2S/c1-24(2,3)36-23(35)34-12-9-25(10-13-34,20-7-5-4-6-8-20)11-14-37-18-19-15-21(26(28,29)30)17-22(16-19)27(31,32)33/h4-8,15-17H,9-14,18H2,1-3H3. The van der Waals surface area contributed by atoms with Crippen molar-refractivity contribution in [3.63, 3.8) is 0 Å². The lowest BCUT2D eigenvalue weighted by atomic mass is 9.71. The molecule has 1 heterocycles. The van der Waals surface area contributed by atoms with E-state index in [1.165, 1.54) is 11.8 Å². The molecule has 3 rings (SSSR count). The van der Waals surface area contributed by atoms with E-state index in [0.29, 0.717) is 38.1 Å². The number of hydrogen-bond acceptors (Lipinski definition) is 3. The molecular weight excluding hydrogens is 516 g/mol. The van der Waals surface area contributed by atoms with Crippen LogP contribution in [0.3, 0.4) is 0 Å². The molecule has 0 saturated carbocycles. The topological polar surface area (TPSA) is 29.5 Å². The fourth-order valence-corrected chi connectivity index (χ4v) is 5.56. The van der Waals surface area contributed by atoms with Crippen molar-refractivity contribution < 1.29 is 35.9 Å². The summed E-state index contributed by atoms with van der Waals surface area (Å²) < 4.78 is 84.5. The largest absolute Gasteiger partial charge is 0.444 e. The van der Waals surface area contributed by atoms with Gasteiger partial charge in [0, 0.05) is 18.8 Å². The highest BCUT2D eigenvalue weighted by Crippen LogP contribution is 2.41. The summed E-state index contributed by atoms with van der Waals surface area (Å²) in [5.74, 6) is 0.570. The third-order valence-corrected chi connectivity index (χ3v) is 7.43. The van der Waals surface area contributed by atoms with E-state index in [2.05, 4.69) is 0 Å². The predicted molar refractivity (Wildman–Crippen MR) is 132 cm³/mol. The van der Waals surface area contributed by atoms with Crippen LogP contribution in [0.1, 0.15) is 62.3 Å². The summed E-state index contributed by atoms with van der Waals surface area (Å²) in [6, 6.07) is 11.6. The SMILES string of the molecule is CC(C)(C)OC(=O)N1CCC(CCSCc2cc(C(F)(F)F)cc(C(F)(F)F)c2)(c2ccccc2)CC1. The first-order chi connectivity index (χ1) is 17.1. The van der Waals surface area contributed by atoms with Crippen LogP contribution in [-0.4, -0.2) is 35.4 Å². The summed E-state index contributed by atoms with van der Waals surface area (Å²) in [5.41, 5.74) is -2.35. The van der Waals surface area contributed by atoms with Crippen molar-refractivity contribution >= 4 is 17.9 Å². The minimum absolute atomic E-state index is 0.0133. The summed E-state index contributed by atoms with van der Waals surface area (Å²) in [5, 5.41) is 0. The van der Waals surface area contributed by atoms with Gasteiger partial charge in [-0.05, 0) is 80.5 Å². The zero-order valence-corrected chi connectivity index (χ0v) is 21.8. The first-order valence-electron chi connectivity index (χ1n) is 12.0. The number of carbonyl (C=O) groups excluding carboxylic acids is 1. The molecule has 0 aromatic heterocycles. The van der Waals surface area contributed by atoms with Gasteiger partial charge in [0.25, 0.3) is 0 Å². The maximum absolute atomic E-state index is 13.2. The highest BCUT2D eigenvalue weighted by molar-refractivity contribution is 7.98. The Morgan fingerprint density at radius 1 is 0.919 bits per heavy atom. The van der Waals surface area contributed by atoms with Crippen molar-refractivity contribution in [3.8, 4) is 0 Å². The zero-order valence-electron chi connectivity index (χ0n) is 21.0. The average Bonchev–Trinajstić information content (AvgIpc) is 2.80. The van der Waals surface area contributed by atoms with E-state index in [0.717, 1.165) is 17.7 Å². The van der Waals surface area contributed by atoms with Crippen LogP contribution in [-0.2, 0) is 28.3 Å². The van der Waals surface area contributed by atoms with E-state index in [1.807, 2.05) is 51.1 Å². The van der Waals surface area contributed by atoms with E-state index < -0.39 is 29.1 Å². The lowest BCUT2D eigenvalue weighted by Crippen LogP contribution is -2.47. The van der Waals surface area contributed by atoms with Crippen LogP contribution in [0, 0.1) is 0 Å². The molecule has 3 nitrogen and oxygen atoms in total. The second-order valence-corrected chi connectivity index (χ2v) is 11.4. The molecule has 0 atom stereocenters. The number of likely N-dealkylation sites (tertiary alicyclic amines) is 1. The molecule has 1 saturated heterocycles.